The van der Waals surface area contributed by atoms with E-state index < -0.39 is 64.4 Å². The maximum Gasteiger partial charge on any atom is 0.410 e. The first-order valence-corrected chi connectivity index (χ1v) is 17.2. The van der Waals surface area contributed by atoms with Crippen molar-refractivity contribution >= 4 is 17.9 Å². The van der Waals surface area contributed by atoms with E-state index in [0.29, 0.717) is 12.8 Å². The molecule has 3 fully saturated rings. The number of alkyl halides is 3. The van der Waals surface area contributed by atoms with Gasteiger partial charge in [0.15, 0.2) is 0 Å². The standard InChI is InChI=1S/C36H46F4N4O6/c1-24(20-36(38,39)40)30(46)43-14-13-35(49,34(22-43)11-7-8-12-34)23-44-21-27(26(19-29(44)45)25-9-5-6-10-28(25)37)31(47)41-15-17-42(18-16-41)32(48)50-33(2,3)4/h5-6,9-10,19,21,24,49H,7-8,11-18,20,22-23H2,1-4H3/t24?,35-/m1/s1. The van der Waals surface area contributed by atoms with Gasteiger partial charge in [-0.2, -0.15) is 13.2 Å². The molecule has 10 nitrogen and oxygen atoms in total. The molecule has 2 atom stereocenters. The fraction of sp³-hybridized carbons (Fsp3) is 0.611. The first kappa shape index (κ1) is 37.3. The van der Waals surface area contributed by atoms with Crippen LogP contribution in [0, 0.1) is 17.2 Å². The number of pyridine rings is 1. The highest BCUT2D eigenvalue weighted by molar-refractivity contribution is 6.00. The van der Waals surface area contributed by atoms with Gasteiger partial charge in [0.05, 0.1) is 24.1 Å². The number of ether oxygens (including phenoxy) is 1. The first-order chi connectivity index (χ1) is 23.3. The second-order valence-corrected chi connectivity index (χ2v) is 15.1. The lowest BCUT2D eigenvalue weighted by atomic mass is 9.65. The van der Waals surface area contributed by atoms with Gasteiger partial charge in [-0.1, -0.05) is 38.0 Å². The highest BCUT2D eigenvalue weighted by Gasteiger charge is 2.56. The second-order valence-electron chi connectivity index (χ2n) is 15.1. The summed E-state index contributed by atoms with van der Waals surface area (Å²) in [6.45, 7) is 7.11. The number of halogens is 4. The number of piperazine rings is 1. The van der Waals surface area contributed by atoms with Crippen LogP contribution in [0.4, 0.5) is 22.4 Å². The molecule has 3 heterocycles. The summed E-state index contributed by atoms with van der Waals surface area (Å²) >= 11 is 0. The Bertz CT molecular complexity index is 1660. The van der Waals surface area contributed by atoms with Crippen LogP contribution in [0.5, 0.6) is 0 Å². The Morgan fingerprint density at radius 1 is 0.920 bits per heavy atom. The third-order valence-corrected chi connectivity index (χ3v) is 10.3. The number of piperidine rings is 1. The maximum absolute atomic E-state index is 15.1. The average Bonchev–Trinajstić information content (AvgIpc) is 3.51. The fourth-order valence-corrected chi connectivity index (χ4v) is 7.67. The lowest BCUT2D eigenvalue weighted by molar-refractivity contribution is -0.172. The Kier molecular flexibility index (Phi) is 10.4. The molecule has 2 saturated heterocycles. The summed E-state index contributed by atoms with van der Waals surface area (Å²) in [5, 5.41) is 12.3. The van der Waals surface area contributed by atoms with Crippen LogP contribution in [0.1, 0.15) is 76.6 Å². The van der Waals surface area contributed by atoms with Crippen LogP contribution in [0.2, 0.25) is 0 Å². The summed E-state index contributed by atoms with van der Waals surface area (Å²) in [5.41, 5.74) is -3.47. The van der Waals surface area contributed by atoms with E-state index in [0.717, 1.165) is 12.8 Å². The zero-order valence-corrected chi connectivity index (χ0v) is 29.0. The zero-order chi connectivity index (χ0) is 36.6. The molecule has 14 heteroatoms. The molecule has 0 bridgehead atoms. The molecule has 2 aliphatic heterocycles. The van der Waals surface area contributed by atoms with Gasteiger partial charge in [-0.05, 0) is 46.1 Å². The van der Waals surface area contributed by atoms with Gasteiger partial charge in [0.25, 0.3) is 11.5 Å². The molecule has 1 aromatic heterocycles. The Morgan fingerprint density at radius 2 is 1.54 bits per heavy atom. The fourth-order valence-electron chi connectivity index (χ4n) is 7.67. The third-order valence-electron chi connectivity index (χ3n) is 10.3. The molecule has 3 aliphatic rings. The van der Waals surface area contributed by atoms with Crippen LogP contribution in [0.3, 0.4) is 0 Å². The summed E-state index contributed by atoms with van der Waals surface area (Å²) in [5.74, 6) is -3.01. The van der Waals surface area contributed by atoms with Crippen molar-refractivity contribution in [1.82, 2.24) is 19.3 Å². The number of benzene rings is 1. The summed E-state index contributed by atoms with van der Waals surface area (Å²) in [6.07, 6.45) is -2.37. The molecule has 50 heavy (non-hydrogen) atoms. The van der Waals surface area contributed by atoms with Gasteiger partial charge in [-0.15, -0.1) is 0 Å². The van der Waals surface area contributed by atoms with Crippen molar-refractivity contribution < 1.29 is 41.8 Å². The van der Waals surface area contributed by atoms with Crippen molar-refractivity contribution in [2.24, 2.45) is 11.3 Å². The van der Waals surface area contributed by atoms with Gasteiger partial charge in [-0.3, -0.25) is 14.4 Å². The molecule has 5 rings (SSSR count). The largest absolute Gasteiger partial charge is 0.444 e. The Morgan fingerprint density at radius 3 is 2.14 bits per heavy atom. The Hall–Kier alpha value is -3.94. The smallest absolute Gasteiger partial charge is 0.410 e. The number of hydrogen-bond acceptors (Lipinski definition) is 6. The molecule has 2 aromatic rings. The lowest BCUT2D eigenvalue weighted by Crippen LogP contribution is -2.62. The van der Waals surface area contributed by atoms with Gasteiger partial charge in [0.2, 0.25) is 5.91 Å². The van der Waals surface area contributed by atoms with Crippen LogP contribution < -0.4 is 5.56 Å². The van der Waals surface area contributed by atoms with Crippen molar-refractivity contribution in [3.63, 3.8) is 0 Å². The van der Waals surface area contributed by atoms with E-state index in [1.807, 2.05) is 0 Å². The second kappa shape index (κ2) is 14.0. The minimum Gasteiger partial charge on any atom is -0.444 e. The maximum atomic E-state index is 15.1. The monoisotopic (exact) mass is 706 g/mol. The van der Waals surface area contributed by atoms with E-state index in [1.165, 1.54) is 56.7 Å². The highest BCUT2D eigenvalue weighted by atomic mass is 19.4. The summed E-state index contributed by atoms with van der Waals surface area (Å²) in [4.78, 5) is 58.0. The van der Waals surface area contributed by atoms with Gasteiger partial charge in [-0.25, -0.2) is 9.18 Å². The molecule has 1 saturated carbocycles. The van der Waals surface area contributed by atoms with E-state index in [-0.39, 0.29) is 68.9 Å². The van der Waals surface area contributed by atoms with Crippen molar-refractivity contribution in [1.29, 1.82) is 0 Å². The molecular weight excluding hydrogens is 660 g/mol. The van der Waals surface area contributed by atoms with Gasteiger partial charge in [0.1, 0.15) is 11.4 Å². The topological polar surface area (TPSA) is 112 Å². The Balaban J connectivity index is 1.44. The van der Waals surface area contributed by atoms with Gasteiger partial charge >= 0.3 is 12.3 Å². The predicted molar refractivity (Wildman–Crippen MR) is 177 cm³/mol. The summed E-state index contributed by atoms with van der Waals surface area (Å²) in [7, 11) is 0. The molecule has 3 amide bonds. The zero-order valence-electron chi connectivity index (χ0n) is 29.0. The molecule has 1 aromatic carbocycles. The molecule has 1 N–H and O–H groups in total. The number of amides is 3. The summed E-state index contributed by atoms with van der Waals surface area (Å²) in [6, 6.07) is 6.97. The van der Waals surface area contributed by atoms with Gasteiger partial charge in [0, 0.05) is 74.0 Å². The minimum atomic E-state index is -4.49. The van der Waals surface area contributed by atoms with E-state index in [1.54, 1.807) is 26.8 Å². The molecule has 1 unspecified atom stereocenters. The van der Waals surface area contributed by atoms with Crippen LogP contribution in [0.15, 0.2) is 41.3 Å². The third kappa shape index (κ3) is 8.00. The number of carbonyl (C=O) groups is 3. The average molecular weight is 707 g/mol. The SMILES string of the molecule is CC(CC(F)(F)F)C(=O)N1CC[C@@](O)(Cn2cc(C(=O)N3CCN(C(=O)OC(C)(C)C)CC3)c(-c3ccccc3F)cc2=O)C2(CCCC2)C1. The minimum absolute atomic E-state index is 0.00898. The van der Waals surface area contributed by atoms with Crippen LogP contribution >= 0.6 is 0 Å². The number of aromatic nitrogens is 1. The van der Waals surface area contributed by atoms with Crippen molar-refractivity contribution in [3.8, 4) is 11.1 Å². The van der Waals surface area contributed by atoms with Crippen molar-refractivity contribution in [2.75, 3.05) is 39.3 Å². The number of rotatable bonds is 6. The predicted octanol–water partition coefficient (Wildman–Crippen LogP) is 5.46. The van der Waals surface area contributed by atoms with E-state index in [4.69, 9.17) is 4.74 Å². The van der Waals surface area contributed by atoms with E-state index in [2.05, 4.69) is 0 Å². The van der Waals surface area contributed by atoms with Crippen molar-refractivity contribution in [2.45, 2.75) is 90.1 Å². The highest BCUT2D eigenvalue weighted by Crippen LogP contribution is 2.52. The Labute approximate surface area is 289 Å². The quantitative estimate of drug-likeness (QED) is 0.400. The van der Waals surface area contributed by atoms with Crippen LogP contribution in [-0.4, -0.2) is 98.9 Å². The number of likely N-dealkylation sites (tertiary alicyclic amines) is 1. The summed E-state index contributed by atoms with van der Waals surface area (Å²) < 4.78 is 61.1. The first-order valence-electron chi connectivity index (χ1n) is 17.2. The number of nitrogens with zero attached hydrogens (tertiary/aromatic N) is 4. The lowest BCUT2D eigenvalue weighted by Gasteiger charge is -2.52. The molecule has 274 valence electrons. The van der Waals surface area contributed by atoms with E-state index in [9.17, 15) is 37.5 Å². The molecule has 1 spiro atoms. The van der Waals surface area contributed by atoms with Crippen molar-refractivity contribution in [3.05, 3.63) is 58.3 Å². The van der Waals surface area contributed by atoms with Crippen LogP contribution in [-0.2, 0) is 16.1 Å². The number of aliphatic hydroxyl groups is 1. The van der Waals surface area contributed by atoms with Gasteiger partial charge < -0.3 is 29.1 Å². The molecule has 1 aliphatic carbocycles. The van der Waals surface area contributed by atoms with E-state index >= 15 is 4.39 Å². The van der Waals surface area contributed by atoms with Crippen LogP contribution in [0.25, 0.3) is 11.1 Å². The number of carbonyl (C=O) groups excluding carboxylic acids is 3. The molecular formula is C36H46F4N4O6. The molecule has 0 radical (unpaired) electrons. The number of hydrogen-bond donors (Lipinski definition) is 1. The normalized spacial score (nSPS) is 21.7.